The van der Waals surface area contributed by atoms with Crippen LogP contribution in [-0.2, 0) is 19.1 Å². The SMILES string of the molecule is CCCCCCC(CCCCCC)CCCOC(=O)CCCCCCCN(CCCCCCCC(=O)OCCCC(CCCCCC)CCCCCC)C(=O)NCCCN1CCCC1. The highest BCUT2D eigenvalue weighted by molar-refractivity contribution is 5.74. The van der Waals surface area contributed by atoms with Crippen molar-refractivity contribution in [2.24, 2.45) is 11.8 Å². The summed E-state index contributed by atoms with van der Waals surface area (Å²) in [6.45, 7) is 16.0. The number of ether oxygens (including phenoxy) is 2. The van der Waals surface area contributed by atoms with E-state index in [1.54, 1.807) is 0 Å². The Kier molecular flexibility index (Phi) is 43.5. The van der Waals surface area contributed by atoms with E-state index in [9.17, 15) is 14.4 Å². The molecule has 0 bridgehead atoms. The highest BCUT2D eigenvalue weighted by Crippen LogP contribution is 2.24. The quantitative estimate of drug-likeness (QED) is 0.0483. The van der Waals surface area contributed by atoms with Crippen LogP contribution in [0.25, 0.3) is 0 Å². The van der Waals surface area contributed by atoms with Gasteiger partial charge in [0.25, 0.3) is 0 Å². The van der Waals surface area contributed by atoms with Crippen molar-refractivity contribution < 1.29 is 23.9 Å². The molecule has 1 rings (SSSR count). The van der Waals surface area contributed by atoms with Crippen molar-refractivity contribution in [1.29, 1.82) is 0 Å². The van der Waals surface area contributed by atoms with Gasteiger partial charge in [0.05, 0.1) is 13.2 Å². The number of esters is 2. The van der Waals surface area contributed by atoms with E-state index in [0.29, 0.717) is 26.1 Å². The molecule has 1 aliphatic rings. The van der Waals surface area contributed by atoms with Gasteiger partial charge in [0, 0.05) is 32.5 Å². The molecule has 8 nitrogen and oxygen atoms in total. The first kappa shape index (κ1) is 60.2. The molecule has 8 heteroatoms. The minimum Gasteiger partial charge on any atom is -0.466 e. The Labute approximate surface area is 398 Å². The van der Waals surface area contributed by atoms with Crippen molar-refractivity contribution in [3.63, 3.8) is 0 Å². The molecule has 0 aromatic rings. The van der Waals surface area contributed by atoms with Crippen molar-refractivity contribution in [3.05, 3.63) is 0 Å². The van der Waals surface area contributed by atoms with Gasteiger partial charge in [0.1, 0.15) is 0 Å². The second-order valence-corrected chi connectivity index (χ2v) is 20.0. The predicted octanol–water partition coefficient (Wildman–Crippen LogP) is 15.9. The molecule has 378 valence electrons. The number of likely N-dealkylation sites (tertiary alicyclic amines) is 1. The molecular weight excluding hydrogens is 795 g/mol. The van der Waals surface area contributed by atoms with Crippen molar-refractivity contribution >= 4 is 18.0 Å². The molecule has 1 saturated heterocycles. The Bertz CT molecular complexity index is 950. The van der Waals surface area contributed by atoms with Crippen molar-refractivity contribution in [2.45, 2.75) is 278 Å². The van der Waals surface area contributed by atoms with E-state index < -0.39 is 0 Å². The van der Waals surface area contributed by atoms with Gasteiger partial charge in [-0.25, -0.2) is 4.79 Å². The van der Waals surface area contributed by atoms with Gasteiger partial charge >= 0.3 is 18.0 Å². The van der Waals surface area contributed by atoms with E-state index in [-0.39, 0.29) is 18.0 Å². The van der Waals surface area contributed by atoms with Crippen LogP contribution in [-0.4, -0.2) is 80.3 Å². The van der Waals surface area contributed by atoms with Crippen LogP contribution in [0.3, 0.4) is 0 Å². The predicted molar refractivity (Wildman–Crippen MR) is 273 cm³/mol. The van der Waals surface area contributed by atoms with E-state index in [1.165, 1.54) is 167 Å². The normalized spacial score (nSPS) is 13.0. The van der Waals surface area contributed by atoms with Crippen LogP contribution in [0.5, 0.6) is 0 Å². The lowest BCUT2D eigenvalue weighted by Crippen LogP contribution is -2.42. The number of rotatable bonds is 48. The van der Waals surface area contributed by atoms with Gasteiger partial charge in [0.2, 0.25) is 0 Å². The lowest BCUT2D eigenvalue weighted by molar-refractivity contribution is -0.144. The van der Waals surface area contributed by atoms with Crippen LogP contribution in [0.1, 0.15) is 278 Å². The molecule has 64 heavy (non-hydrogen) atoms. The molecule has 0 atom stereocenters. The molecule has 1 aliphatic heterocycles. The van der Waals surface area contributed by atoms with Crippen molar-refractivity contribution in [1.82, 2.24) is 15.1 Å². The Morgan fingerprint density at radius 2 is 0.812 bits per heavy atom. The maximum Gasteiger partial charge on any atom is 0.317 e. The molecule has 0 aromatic heterocycles. The van der Waals surface area contributed by atoms with Crippen LogP contribution >= 0.6 is 0 Å². The average Bonchev–Trinajstić information content (AvgIpc) is 3.82. The van der Waals surface area contributed by atoms with Gasteiger partial charge in [-0.2, -0.15) is 0 Å². The van der Waals surface area contributed by atoms with E-state index in [0.717, 1.165) is 121 Å². The number of amides is 2. The van der Waals surface area contributed by atoms with Gasteiger partial charge in [-0.1, -0.05) is 195 Å². The fraction of sp³-hybridized carbons (Fsp3) is 0.946. The third kappa shape index (κ3) is 38.3. The van der Waals surface area contributed by atoms with Crippen molar-refractivity contribution in [2.75, 3.05) is 52.5 Å². The minimum atomic E-state index is -0.0367. The number of urea groups is 1. The van der Waals surface area contributed by atoms with E-state index in [4.69, 9.17) is 9.47 Å². The van der Waals surface area contributed by atoms with E-state index in [2.05, 4.69) is 37.9 Å². The largest absolute Gasteiger partial charge is 0.466 e. The van der Waals surface area contributed by atoms with Crippen LogP contribution < -0.4 is 5.32 Å². The number of hydrogen-bond donors (Lipinski definition) is 1. The number of carbonyl (C=O) groups excluding carboxylic acids is 3. The third-order valence-corrected chi connectivity index (χ3v) is 13.9. The number of nitrogens with zero attached hydrogens (tertiary/aromatic N) is 2. The van der Waals surface area contributed by atoms with Gasteiger partial charge < -0.3 is 24.6 Å². The molecule has 0 radical (unpaired) electrons. The lowest BCUT2D eigenvalue weighted by Gasteiger charge is -2.24. The summed E-state index contributed by atoms with van der Waals surface area (Å²) in [5.74, 6) is 1.50. The molecule has 0 saturated carbocycles. The average molecular weight is 905 g/mol. The second kappa shape index (κ2) is 46.3. The summed E-state index contributed by atoms with van der Waals surface area (Å²) in [4.78, 5) is 42.8. The first-order valence-corrected chi connectivity index (χ1v) is 28.5. The Balaban J connectivity index is 2.30. The zero-order valence-electron chi connectivity index (χ0n) is 43.3. The molecule has 1 heterocycles. The molecular formula is C56H109N3O5. The first-order chi connectivity index (χ1) is 31.4. The zero-order chi connectivity index (χ0) is 46.4. The van der Waals surface area contributed by atoms with Crippen molar-refractivity contribution in [3.8, 4) is 0 Å². The highest BCUT2D eigenvalue weighted by Gasteiger charge is 2.15. The molecule has 0 unspecified atom stereocenters. The van der Waals surface area contributed by atoms with Gasteiger partial charge in [-0.05, 0) is 102 Å². The van der Waals surface area contributed by atoms with E-state index in [1.807, 2.05) is 4.90 Å². The molecule has 1 N–H and O–H groups in total. The summed E-state index contributed by atoms with van der Waals surface area (Å²) >= 11 is 0. The topological polar surface area (TPSA) is 88.2 Å². The first-order valence-electron chi connectivity index (χ1n) is 28.5. The van der Waals surface area contributed by atoms with E-state index >= 15 is 0 Å². The fourth-order valence-corrected chi connectivity index (χ4v) is 9.70. The molecule has 1 fully saturated rings. The van der Waals surface area contributed by atoms with Crippen LogP contribution in [0.15, 0.2) is 0 Å². The number of unbranched alkanes of at least 4 members (excludes halogenated alkanes) is 20. The monoisotopic (exact) mass is 904 g/mol. The number of hydrogen-bond acceptors (Lipinski definition) is 6. The van der Waals surface area contributed by atoms with Gasteiger partial charge in [-0.3, -0.25) is 9.59 Å². The van der Waals surface area contributed by atoms with Crippen LogP contribution in [0.4, 0.5) is 4.79 Å². The maximum atomic E-state index is 13.3. The third-order valence-electron chi connectivity index (χ3n) is 13.9. The maximum absolute atomic E-state index is 13.3. The number of carbonyl (C=O) groups is 3. The van der Waals surface area contributed by atoms with Gasteiger partial charge in [-0.15, -0.1) is 0 Å². The summed E-state index contributed by atoms with van der Waals surface area (Å²) in [5.41, 5.74) is 0. The summed E-state index contributed by atoms with van der Waals surface area (Å²) in [6, 6.07) is 0.0746. The number of nitrogens with one attached hydrogen (secondary N) is 1. The fourth-order valence-electron chi connectivity index (χ4n) is 9.70. The smallest absolute Gasteiger partial charge is 0.317 e. The summed E-state index contributed by atoms with van der Waals surface area (Å²) in [7, 11) is 0. The standard InChI is InChI=1S/C56H109N3O5/c1-5-9-13-23-36-52(37-24-14-10-6-2)40-33-50-63-54(60)42-27-19-17-21-29-48-59(56(62)57-44-35-47-58-45-31-32-46-58)49-30-22-18-20-28-43-55(61)64-51-34-41-53(38-25-15-11-7-3)39-26-16-12-8-4/h52-53H,5-51H2,1-4H3,(H,57,62). The molecule has 0 aliphatic carbocycles. The molecule has 0 spiro atoms. The molecule has 2 amide bonds. The van der Waals surface area contributed by atoms with Gasteiger partial charge in [0.15, 0.2) is 0 Å². The summed E-state index contributed by atoms with van der Waals surface area (Å²) < 4.78 is 11.3. The summed E-state index contributed by atoms with van der Waals surface area (Å²) in [5, 5.41) is 3.22. The Hall–Kier alpha value is -1.83. The van der Waals surface area contributed by atoms with Crippen LogP contribution in [0, 0.1) is 11.8 Å². The minimum absolute atomic E-state index is 0.0367. The Morgan fingerprint density at radius 3 is 1.22 bits per heavy atom. The second-order valence-electron chi connectivity index (χ2n) is 20.0. The lowest BCUT2D eigenvalue weighted by atomic mass is 9.91. The zero-order valence-corrected chi connectivity index (χ0v) is 43.3. The Morgan fingerprint density at radius 1 is 0.453 bits per heavy atom. The highest BCUT2D eigenvalue weighted by atomic mass is 16.5. The van der Waals surface area contributed by atoms with Crippen LogP contribution in [0.2, 0.25) is 0 Å². The molecule has 0 aromatic carbocycles. The summed E-state index contributed by atoms with van der Waals surface area (Å²) in [6.07, 6.45) is 45.8.